The number of nitriles is 1. The largest absolute Gasteiger partial charge is 0.452 e. The van der Waals surface area contributed by atoms with Crippen molar-refractivity contribution in [2.24, 2.45) is 0 Å². The van der Waals surface area contributed by atoms with Gasteiger partial charge in [0.2, 0.25) is 5.78 Å². The number of carbonyl (C=O) groups is 3. The minimum atomic E-state index is -0.779. The maximum Gasteiger partial charge on any atom is 0.339 e. The summed E-state index contributed by atoms with van der Waals surface area (Å²) in [6.45, 7) is -0.544. The summed E-state index contributed by atoms with van der Waals surface area (Å²) >= 11 is 7.19. The molecule has 0 aliphatic rings. The number of carbonyl (C=O) groups excluding carboxylic acids is 3. The maximum atomic E-state index is 12.6. The Balaban J connectivity index is 1.65. The molecule has 1 aromatic heterocycles. The van der Waals surface area contributed by atoms with Crippen molar-refractivity contribution in [2.45, 2.75) is 0 Å². The van der Waals surface area contributed by atoms with Gasteiger partial charge in [0.15, 0.2) is 6.61 Å². The van der Waals surface area contributed by atoms with Crippen LogP contribution in [0.25, 0.3) is 0 Å². The number of halogens is 1. The number of hydrogen-bond acceptors (Lipinski definition) is 6. The number of benzene rings is 2. The SMILES string of the molecule is N#Cc1ccc(NC(=O)COC(=O)c2ccccc2C(=O)c2cccs2)cc1Cl. The summed E-state index contributed by atoms with van der Waals surface area (Å²) in [7, 11) is 0. The molecule has 1 amide bonds. The molecule has 0 aliphatic heterocycles. The quantitative estimate of drug-likeness (QED) is 0.470. The van der Waals surface area contributed by atoms with Gasteiger partial charge in [-0.3, -0.25) is 9.59 Å². The van der Waals surface area contributed by atoms with Crippen LogP contribution in [0, 0.1) is 11.3 Å². The summed E-state index contributed by atoms with van der Waals surface area (Å²) in [4.78, 5) is 37.6. The molecular formula is C21H13ClN2O4S. The van der Waals surface area contributed by atoms with E-state index in [9.17, 15) is 14.4 Å². The van der Waals surface area contributed by atoms with Crippen molar-refractivity contribution in [1.82, 2.24) is 0 Å². The van der Waals surface area contributed by atoms with Gasteiger partial charge < -0.3 is 10.1 Å². The lowest BCUT2D eigenvalue weighted by Crippen LogP contribution is -2.22. The lowest BCUT2D eigenvalue weighted by molar-refractivity contribution is -0.119. The van der Waals surface area contributed by atoms with Crippen molar-refractivity contribution in [2.75, 3.05) is 11.9 Å². The highest BCUT2D eigenvalue weighted by Gasteiger charge is 2.20. The average molecular weight is 425 g/mol. The molecule has 29 heavy (non-hydrogen) atoms. The van der Waals surface area contributed by atoms with Crippen LogP contribution >= 0.6 is 22.9 Å². The fourth-order valence-corrected chi connectivity index (χ4v) is 3.39. The van der Waals surface area contributed by atoms with Crippen LogP contribution in [0.5, 0.6) is 0 Å². The molecule has 1 N–H and O–H groups in total. The molecule has 0 fully saturated rings. The van der Waals surface area contributed by atoms with Crippen LogP contribution < -0.4 is 5.32 Å². The van der Waals surface area contributed by atoms with E-state index in [4.69, 9.17) is 21.6 Å². The summed E-state index contributed by atoms with van der Waals surface area (Å²) in [5, 5.41) is 13.4. The first-order valence-corrected chi connectivity index (χ1v) is 9.59. The first kappa shape index (κ1) is 20.3. The zero-order valence-electron chi connectivity index (χ0n) is 14.8. The van der Waals surface area contributed by atoms with Gasteiger partial charge in [0, 0.05) is 11.3 Å². The van der Waals surface area contributed by atoms with E-state index in [1.807, 2.05) is 6.07 Å². The number of ketones is 1. The van der Waals surface area contributed by atoms with E-state index in [0.29, 0.717) is 10.6 Å². The number of nitrogens with zero attached hydrogens (tertiary/aromatic N) is 1. The van der Waals surface area contributed by atoms with Gasteiger partial charge in [-0.15, -0.1) is 11.3 Å². The highest BCUT2D eigenvalue weighted by molar-refractivity contribution is 7.12. The number of thiophene rings is 1. The second kappa shape index (κ2) is 9.15. The van der Waals surface area contributed by atoms with E-state index < -0.39 is 18.5 Å². The zero-order valence-corrected chi connectivity index (χ0v) is 16.4. The molecule has 3 aromatic rings. The van der Waals surface area contributed by atoms with E-state index in [-0.39, 0.29) is 27.5 Å². The van der Waals surface area contributed by atoms with Crippen LogP contribution in [-0.2, 0) is 9.53 Å². The third-order valence-corrected chi connectivity index (χ3v) is 5.03. The van der Waals surface area contributed by atoms with Gasteiger partial charge in [0.25, 0.3) is 5.91 Å². The molecule has 144 valence electrons. The van der Waals surface area contributed by atoms with Gasteiger partial charge in [0.1, 0.15) is 6.07 Å². The standard InChI is InChI=1S/C21H13ClN2O4S/c22-17-10-14(8-7-13(17)11-23)24-19(25)12-28-21(27)16-5-2-1-4-15(16)20(26)18-6-3-9-29-18/h1-10H,12H2,(H,24,25). The molecule has 8 heteroatoms. The number of rotatable bonds is 6. The minimum absolute atomic E-state index is 0.0834. The Hall–Kier alpha value is -3.47. The highest BCUT2D eigenvalue weighted by atomic mass is 35.5. The molecule has 3 rings (SSSR count). The summed E-state index contributed by atoms with van der Waals surface area (Å²) < 4.78 is 5.06. The van der Waals surface area contributed by atoms with Crippen LogP contribution in [0.3, 0.4) is 0 Å². The fourth-order valence-electron chi connectivity index (χ4n) is 2.49. The van der Waals surface area contributed by atoms with Crippen LogP contribution in [0.4, 0.5) is 5.69 Å². The summed E-state index contributed by atoms with van der Waals surface area (Å²) in [5.74, 6) is -1.65. The monoisotopic (exact) mass is 424 g/mol. The average Bonchev–Trinajstić information content (AvgIpc) is 3.26. The van der Waals surface area contributed by atoms with Crippen LogP contribution in [0.2, 0.25) is 5.02 Å². The molecule has 0 atom stereocenters. The predicted octanol–water partition coefficient (Wildman–Crippen LogP) is 4.30. The molecule has 0 saturated carbocycles. The molecule has 0 spiro atoms. The van der Waals surface area contributed by atoms with Gasteiger partial charge >= 0.3 is 5.97 Å². The fraction of sp³-hybridized carbons (Fsp3) is 0.0476. The number of ether oxygens (including phenoxy) is 1. The molecule has 2 aromatic carbocycles. The van der Waals surface area contributed by atoms with Crippen molar-refractivity contribution >= 4 is 46.3 Å². The maximum absolute atomic E-state index is 12.6. The highest BCUT2D eigenvalue weighted by Crippen LogP contribution is 2.21. The first-order valence-electron chi connectivity index (χ1n) is 8.33. The minimum Gasteiger partial charge on any atom is -0.452 e. The van der Waals surface area contributed by atoms with E-state index in [0.717, 1.165) is 0 Å². The van der Waals surface area contributed by atoms with Gasteiger partial charge in [-0.25, -0.2) is 4.79 Å². The summed E-state index contributed by atoms with van der Waals surface area (Å²) in [5.41, 5.74) is 0.936. The third-order valence-electron chi connectivity index (χ3n) is 3.84. The van der Waals surface area contributed by atoms with E-state index >= 15 is 0 Å². The topological polar surface area (TPSA) is 96.3 Å². The van der Waals surface area contributed by atoms with Crippen molar-refractivity contribution in [3.05, 3.63) is 86.6 Å². The summed E-state index contributed by atoms with van der Waals surface area (Å²) in [6, 6.07) is 16.0. The van der Waals surface area contributed by atoms with Crippen molar-refractivity contribution in [3.63, 3.8) is 0 Å². The van der Waals surface area contributed by atoms with Gasteiger partial charge in [-0.05, 0) is 35.7 Å². The van der Waals surface area contributed by atoms with E-state index in [1.165, 1.54) is 41.7 Å². The van der Waals surface area contributed by atoms with Crippen molar-refractivity contribution in [3.8, 4) is 6.07 Å². The van der Waals surface area contributed by atoms with Crippen LogP contribution in [0.15, 0.2) is 60.0 Å². The Labute approximate surface area is 175 Å². The number of hydrogen-bond donors (Lipinski definition) is 1. The third kappa shape index (κ3) is 4.88. The second-order valence-electron chi connectivity index (χ2n) is 5.78. The second-order valence-corrected chi connectivity index (χ2v) is 7.14. The number of nitrogens with one attached hydrogen (secondary N) is 1. The zero-order chi connectivity index (χ0) is 20.8. The smallest absolute Gasteiger partial charge is 0.339 e. The molecular weight excluding hydrogens is 412 g/mol. The molecule has 6 nitrogen and oxygen atoms in total. The van der Waals surface area contributed by atoms with Crippen LogP contribution in [0.1, 0.15) is 31.2 Å². The Morgan fingerprint density at radius 3 is 2.48 bits per heavy atom. The van der Waals surface area contributed by atoms with E-state index in [1.54, 1.807) is 29.6 Å². The molecule has 0 unspecified atom stereocenters. The molecule has 0 saturated heterocycles. The van der Waals surface area contributed by atoms with Crippen LogP contribution in [-0.4, -0.2) is 24.3 Å². The first-order chi connectivity index (χ1) is 14.0. The molecule has 1 heterocycles. The summed E-state index contributed by atoms with van der Waals surface area (Å²) in [6.07, 6.45) is 0. The Morgan fingerprint density at radius 2 is 1.83 bits per heavy atom. The lowest BCUT2D eigenvalue weighted by atomic mass is 10.0. The normalized spacial score (nSPS) is 10.1. The van der Waals surface area contributed by atoms with Crippen molar-refractivity contribution in [1.29, 1.82) is 5.26 Å². The lowest BCUT2D eigenvalue weighted by Gasteiger charge is -2.09. The number of amides is 1. The Kier molecular flexibility index (Phi) is 6.39. The molecule has 0 radical (unpaired) electrons. The molecule has 0 bridgehead atoms. The van der Waals surface area contributed by atoms with Gasteiger partial charge in [-0.2, -0.15) is 5.26 Å². The Morgan fingerprint density at radius 1 is 1.07 bits per heavy atom. The number of esters is 1. The van der Waals surface area contributed by atoms with Gasteiger partial charge in [0.05, 0.1) is 21.0 Å². The van der Waals surface area contributed by atoms with Gasteiger partial charge in [-0.1, -0.05) is 35.9 Å². The Bertz CT molecular complexity index is 1120. The van der Waals surface area contributed by atoms with E-state index in [2.05, 4.69) is 5.32 Å². The predicted molar refractivity (Wildman–Crippen MR) is 109 cm³/mol. The number of anilines is 1. The van der Waals surface area contributed by atoms with Crippen molar-refractivity contribution < 1.29 is 19.1 Å². The molecule has 0 aliphatic carbocycles.